The molecule has 0 saturated carbocycles. The summed E-state index contributed by atoms with van der Waals surface area (Å²) in [4.78, 5) is 11.1. The zero-order valence-corrected chi connectivity index (χ0v) is 18.9. The monoisotopic (exact) mass is 453 g/mol. The number of nitriles is 1. The molecule has 0 spiro atoms. The average molecular weight is 454 g/mol. The van der Waals surface area contributed by atoms with Gasteiger partial charge in [-0.05, 0) is 18.1 Å². The molecule has 0 aliphatic carbocycles. The summed E-state index contributed by atoms with van der Waals surface area (Å²) in [5.74, 6) is 0.693. The number of methoxy groups -OCH3 is 1. The number of rotatable bonds is 8. The Balaban J connectivity index is 0.00000289. The summed E-state index contributed by atoms with van der Waals surface area (Å²) in [6.45, 7) is 3.78. The van der Waals surface area contributed by atoms with Crippen LogP contribution in [0.25, 0.3) is 11.0 Å². The van der Waals surface area contributed by atoms with Crippen molar-refractivity contribution in [3.63, 3.8) is 0 Å². The first-order valence-electron chi connectivity index (χ1n) is 10.6. The van der Waals surface area contributed by atoms with Gasteiger partial charge in [0.25, 0.3) is 0 Å². The fourth-order valence-corrected chi connectivity index (χ4v) is 4.16. The molecule has 3 aromatic rings. The number of likely N-dealkylation sites (tertiary alicyclic amines) is 1. The van der Waals surface area contributed by atoms with E-state index in [-0.39, 0.29) is 24.4 Å². The Bertz CT molecular complexity index is 1070. The number of aromatic nitrogens is 2. The molecule has 1 aliphatic heterocycles. The second-order valence-corrected chi connectivity index (χ2v) is 7.94. The van der Waals surface area contributed by atoms with Crippen LogP contribution in [0.2, 0.25) is 0 Å². The van der Waals surface area contributed by atoms with Crippen LogP contribution in [0.1, 0.15) is 16.7 Å². The Labute approximate surface area is 194 Å². The van der Waals surface area contributed by atoms with E-state index in [2.05, 4.69) is 38.4 Å². The Morgan fingerprint density at radius 3 is 2.78 bits per heavy atom. The van der Waals surface area contributed by atoms with E-state index in [9.17, 15) is 10.4 Å². The average Bonchev–Trinajstić information content (AvgIpc) is 3.16. The molecule has 1 fully saturated rings. The molecule has 4 rings (SSSR count). The van der Waals surface area contributed by atoms with Crippen LogP contribution in [0.4, 0.5) is 0 Å². The van der Waals surface area contributed by atoms with Crippen LogP contribution in [0.5, 0.6) is 5.88 Å². The summed E-state index contributed by atoms with van der Waals surface area (Å²) in [5.41, 5.74) is 4.11. The number of aliphatic hydroxyl groups is 1. The van der Waals surface area contributed by atoms with E-state index in [0.717, 1.165) is 37.3 Å². The predicted octanol–water partition coefficient (Wildman–Crippen LogP) is 2.56. The van der Waals surface area contributed by atoms with Gasteiger partial charge in [0.15, 0.2) is 0 Å². The molecule has 1 saturated heterocycles. The maximum absolute atomic E-state index is 10.5. The Morgan fingerprint density at radius 1 is 1.22 bits per heavy atom. The molecule has 0 unspecified atom stereocenters. The fraction of sp³-hybridized carbons (Fsp3) is 0.375. The third-order valence-corrected chi connectivity index (χ3v) is 5.86. The van der Waals surface area contributed by atoms with Crippen LogP contribution in [0.3, 0.4) is 0 Å². The molecule has 7 nitrogen and oxygen atoms in total. The first-order valence-corrected chi connectivity index (χ1v) is 10.6. The van der Waals surface area contributed by atoms with Gasteiger partial charge < -0.3 is 20.1 Å². The normalized spacial score (nSPS) is 18.3. The Morgan fingerprint density at radius 2 is 2.03 bits per heavy atom. The molecule has 2 N–H and O–H groups in total. The highest BCUT2D eigenvalue weighted by Crippen LogP contribution is 2.23. The molecule has 0 radical (unpaired) electrons. The minimum absolute atomic E-state index is 0. The van der Waals surface area contributed by atoms with E-state index in [0.29, 0.717) is 29.9 Å². The van der Waals surface area contributed by atoms with Crippen molar-refractivity contribution < 1.29 is 9.84 Å². The first kappa shape index (κ1) is 23.9. The third-order valence-electron chi connectivity index (χ3n) is 5.86. The smallest absolute Gasteiger partial charge is 0.213 e. The van der Waals surface area contributed by atoms with E-state index in [4.69, 9.17) is 4.74 Å². The number of nitrogens with zero attached hydrogens (tertiary/aromatic N) is 4. The van der Waals surface area contributed by atoms with E-state index in [1.54, 1.807) is 19.4 Å². The van der Waals surface area contributed by atoms with Crippen molar-refractivity contribution in [3.8, 4) is 11.9 Å². The minimum Gasteiger partial charge on any atom is -0.481 e. The van der Waals surface area contributed by atoms with Crippen LogP contribution >= 0.6 is 12.4 Å². The number of fused-ring (bicyclic) bond motifs is 1. The standard InChI is InChI=1S/C24H27N5O2.ClH/c1-31-23-8-7-21-24(28-23)20(18(11-25)14-27-21)9-10-29-15-19(22(30)16-29)13-26-12-17-5-3-2-4-6-17;/h2-8,14,19,22,26,30H,9-10,12-13,15-16H2,1H3;1H/t19-,22+;/m0./s1. The van der Waals surface area contributed by atoms with Gasteiger partial charge in [0, 0.05) is 56.5 Å². The molecule has 0 amide bonds. The van der Waals surface area contributed by atoms with Crippen molar-refractivity contribution in [3.05, 3.63) is 65.4 Å². The lowest BCUT2D eigenvalue weighted by Crippen LogP contribution is -2.30. The summed E-state index contributed by atoms with van der Waals surface area (Å²) in [6, 6.07) is 16.1. The van der Waals surface area contributed by atoms with Gasteiger partial charge in [-0.1, -0.05) is 30.3 Å². The molecule has 2 aromatic heterocycles. The van der Waals surface area contributed by atoms with Crippen LogP contribution in [0, 0.1) is 17.2 Å². The number of aliphatic hydroxyl groups excluding tert-OH is 1. The van der Waals surface area contributed by atoms with Crippen molar-refractivity contribution in [2.45, 2.75) is 19.1 Å². The molecule has 1 aliphatic rings. The largest absolute Gasteiger partial charge is 0.481 e. The van der Waals surface area contributed by atoms with E-state index in [1.165, 1.54) is 5.56 Å². The van der Waals surface area contributed by atoms with Crippen LogP contribution in [0.15, 0.2) is 48.7 Å². The van der Waals surface area contributed by atoms with Gasteiger partial charge in [-0.3, -0.25) is 4.98 Å². The highest BCUT2D eigenvalue weighted by Gasteiger charge is 2.30. The highest BCUT2D eigenvalue weighted by atomic mass is 35.5. The number of hydrogen-bond acceptors (Lipinski definition) is 7. The van der Waals surface area contributed by atoms with Crippen molar-refractivity contribution in [2.24, 2.45) is 5.92 Å². The number of ether oxygens (including phenoxy) is 1. The number of hydrogen-bond donors (Lipinski definition) is 2. The number of pyridine rings is 2. The second-order valence-electron chi connectivity index (χ2n) is 7.94. The second kappa shape index (κ2) is 11.2. The molecule has 1 aromatic carbocycles. The molecule has 2 atom stereocenters. The lowest BCUT2D eigenvalue weighted by atomic mass is 10.0. The number of nitrogens with one attached hydrogen (secondary N) is 1. The number of β-amino-alcohol motifs (C(OH)–C–C–N with tert-alkyl or cyclic N) is 1. The summed E-state index contributed by atoms with van der Waals surface area (Å²) in [7, 11) is 1.58. The van der Waals surface area contributed by atoms with Gasteiger partial charge in [-0.2, -0.15) is 5.26 Å². The maximum atomic E-state index is 10.5. The number of benzene rings is 1. The molecule has 0 bridgehead atoms. The van der Waals surface area contributed by atoms with Crippen molar-refractivity contribution in [1.82, 2.24) is 20.2 Å². The Hall–Kier alpha value is -2.76. The van der Waals surface area contributed by atoms with Gasteiger partial charge in [0.05, 0.1) is 29.8 Å². The van der Waals surface area contributed by atoms with Crippen molar-refractivity contribution in [2.75, 3.05) is 33.3 Å². The lowest BCUT2D eigenvalue weighted by Gasteiger charge is -2.17. The molecule has 8 heteroatoms. The van der Waals surface area contributed by atoms with Gasteiger partial charge in [0.1, 0.15) is 6.07 Å². The van der Waals surface area contributed by atoms with Crippen molar-refractivity contribution in [1.29, 1.82) is 5.26 Å². The highest BCUT2D eigenvalue weighted by molar-refractivity contribution is 5.85. The molecule has 32 heavy (non-hydrogen) atoms. The van der Waals surface area contributed by atoms with Crippen LogP contribution in [-0.2, 0) is 13.0 Å². The van der Waals surface area contributed by atoms with Crippen LogP contribution in [-0.4, -0.2) is 59.4 Å². The zero-order valence-electron chi connectivity index (χ0n) is 18.1. The molecule has 168 valence electrons. The van der Waals surface area contributed by atoms with Gasteiger partial charge >= 0.3 is 0 Å². The van der Waals surface area contributed by atoms with E-state index in [1.807, 2.05) is 24.3 Å². The molecule has 3 heterocycles. The molecular formula is C24H28ClN5O2. The van der Waals surface area contributed by atoms with E-state index >= 15 is 0 Å². The fourth-order valence-electron chi connectivity index (χ4n) is 4.16. The summed E-state index contributed by atoms with van der Waals surface area (Å²) in [6.07, 6.45) is 1.92. The number of halogens is 1. The predicted molar refractivity (Wildman–Crippen MR) is 126 cm³/mol. The van der Waals surface area contributed by atoms with E-state index < -0.39 is 0 Å². The third kappa shape index (κ3) is 5.53. The zero-order chi connectivity index (χ0) is 21.6. The van der Waals surface area contributed by atoms with Gasteiger partial charge in [-0.15, -0.1) is 12.4 Å². The van der Waals surface area contributed by atoms with Crippen molar-refractivity contribution >= 4 is 23.4 Å². The first-order chi connectivity index (χ1) is 15.2. The van der Waals surface area contributed by atoms with Gasteiger partial charge in [-0.25, -0.2) is 4.98 Å². The summed E-state index contributed by atoms with van der Waals surface area (Å²) >= 11 is 0. The summed E-state index contributed by atoms with van der Waals surface area (Å²) in [5, 5.41) is 23.5. The maximum Gasteiger partial charge on any atom is 0.213 e. The quantitative estimate of drug-likeness (QED) is 0.541. The van der Waals surface area contributed by atoms with Crippen LogP contribution < -0.4 is 10.1 Å². The minimum atomic E-state index is -0.355. The molecular weight excluding hydrogens is 426 g/mol. The Kier molecular flexibility index (Phi) is 8.37. The SMILES string of the molecule is COc1ccc2ncc(C#N)c(CCN3C[C@H](CNCc4ccccc4)[C@H](O)C3)c2n1.Cl. The topological polar surface area (TPSA) is 94.3 Å². The summed E-state index contributed by atoms with van der Waals surface area (Å²) < 4.78 is 5.25. The van der Waals surface area contributed by atoms with Gasteiger partial charge in [0.2, 0.25) is 5.88 Å². The lowest BCUT2D eigenvalue weighted by molar-refractivity contribution is 0.140.